The lowest BCUT2D eigenvalue weighted by molar-refractivity contribution is 0.218. The van der Waals surface area contributed by atoms with Gasteiger partial charge >= 0.3 is 0 Å². The summed E-state index contributed by atoms with van der Waals surface area (Å²) in [5.41, 5.74) is 1.64. The molecule has 0 aromatic carbocycles. The van der Waals surface area contributed by atoms with E-state index in [1.165, 1.54) is 16.9 Å². The molecule has 0 saturated heterocycles. The number of thioether (sulfide) groups is 1. The van der Waals surface area contributed by atoms with Crippen LogP contribution in [0.4, 0.5) is 0 Å². The molecule has 0 fully saturated rings. The molecule has 27 heavy (non-hydrogen) atoms. The van der Waals surface area contributed by atoms with Crippen LogP contribution in [0.15, 0.2) is 9.95 Å². The molecule has 1 aliphatic rings. The van der Waals surface area contributed by atoms with Gasteiger partial charge in [-0.15, -0.1) is 21.5 Å². The molecular formula is C20H28N4OS2. The SMILES string of the molecule is CCCCSc1nnc2n(C)c(=O)c3c4c(sc3n12)C[C@H](C(C)(C)C)CC4. The molecule has 3 heterocycles. The van der Waals surface area contributed by atoms with Crippen molar-refractivity contribution in [3.8, 4) is 0 Å². The molecule has 0 unspecified atom stereocenters. The zero-order valence-corrected chi connectivity index (χ0v) is 18.5. The predicted molar refractivity (Wildman–Crippen MR) is 114 cm³/mol. The van der Waals surface area contributed by atoms with E-state index in [-0.39, 0.29) is 5.56 Å². The molecule has 0 radical (unpaired) electrons. The molecule has 3 aromatic rings. The Balaban J connectivity index is 1.90. The highest BCUT2D eigenvalue weighted by molar-refractivity contribution is 7.99. The molecule has 3 aromatic heterocycles. The number of hydrogen-bond acceptors (Lipinski definition) is 5. The summed E-state index contributed by atoms with van der Waals surface area (Å²) in [7, 11) is 1.82. The molecule has 0 N–H and O–H groups in total. The number of unbranched alkanes of at least 4 members (excludes halogenated alkanes) is 1. The third-order valence-electron chi connectivity index (χ3n) is 5.84. The maximum atomic E-state index is 13.1. The number of thiophene rings is 1. The van der Waals surface area contributed by atoms with E-state index < -0.39 is 0 Å². The number of rotatable bonds is 4. The summed E-state index contributed by atoms with van der Waals surface area (Å²) in [5, 5.41) is 10.5. The van der Waals surface area contributed by atoms with Gasteiger partial charge in [-0.05, 0) is 42.6 Å². The Labute approximate surface area is 168 Å². The highest BCUT2D eigenvalue weighted by Crippen LogP contribution is 2.42. The summed E-state index contributed by atoms with van der Waals surface area (Å²) in [4.78, 5) is 15.5. The van der Waals surface area contributed by atoms with E-state index >= 15 is 0 Å². The van der Waals surface area contributed by atoms with E-state index in [0.717, 1.165) is 46.8 Å². The van der Waals surface area contributed by atoms with Gasteiger partial charge in [0.25, 0.3) is 5.56 Å². The van der Waals surface area contributed by atoms with Crippen LogP contribution in [-0.4, -0.2) is 24.9 Å². The Kier molecular flexibility index (Phi) is 4.87. The Morgan fingerprint density at radius 1 is 1.30 bits per heavy atom. The van der Waals surface area contributed by atoms with Crippen molar-refractivity contribution < 1.29 is 0 Å². The molecule has 0 bridgehead atoms. The Morgan fingerprint density at radius 3 is 2.78 bits per heavy atom. The van der Waals surface area contributed by atoms with Crippen LogP contribution >= 0.6 is 23.1 Å². The molecule has 146 valence electrons. The van der Waals surface area contributed by atoms with Crippen molar-refractivity contribution >= 4 is 39.1 Å². The molecule has 0 saturated carbocycles. The van der Waals surface area contributed by atoms with Gasteiger partial charge in [0.15, 0.2) is 5.16 Å². The normalized spacial score (nSPS) is 17.7. The smallest absolute Gasteiger partial charge is 0.263 e. The third-order valence-corrected chi connectivity index (χ3v) is 8.09. The second-order valence-corrected chi connectivity index (χ2v) is 10.8. The van der Waals surface area contributed by atoms with Gasteiger partial charge in [0, 0.05) is 17.7 Å². The van der Waals surface area contributed by atoms with Crippen molar-refractivity contribution in [3.05, 3.63) is 20.8 Å². The van der Waals surface area contributed by atoms with E-state index in [0.29, 0.717) is 17.1 Å². The molecule has 7 heteroatoms. The minimum absolute atomic E-state index is 0.0710. The fraction of sp³-hybridized carbons (Fsp3) is 0.650. The van der Waals surface area contributed by atoms with Crippen LogP contribution in [0.5, 0.6) is 0 Å². The van der Waals surface area contributed by atoms with Gasteiger partial charge in [-0.2, -0.15) is 0 Å². The quantitative estimate of drug-likeness (QED) is 0.468. The molecule has 1 aliphatic carbocycles. The fourth-order valence-electron chi connectivity index (χ4n) is 4.01. The molecule has 0 aliphatic heterocycles. The molecule has 4 rings (SSSR count). The number of nitrogens with zero attached hydrogens (tertiary/aromatic N) is 4. The summed E-state index contributed by atoms with van der Waals surface area (Å²) in [6, 6.07) is 0. The summed E-state index contributed by atoms with van der Waals surface area (Å²) in [6.07, 6.45) is 5.55. The largest absolute Gasteiger partial charge is 0.279 e. The van der Waals surface area contributed by atoms with Crippen LogP contribution in [0.1, 0.15) is 57.4 Å². The number of aryl methyl sites for hydroxylation is 2. The van der Waals surface area contributed by atoms with E-state index in [9.17, 15) is 4.79 Å². The highest BCUT2D eigenvalue weighted by Gasteiger charge is 2.32. The zero-order chi connectivity index (χ0) is 19.3. The monoisotopic (exact) mass is 404 g/mol. The third kappa shape index (κ3) is 3.12. The van der Waals surface area contributed by atoms with Gasteiger partial charge in [-0.1, -0.05) is 45.9 Å². The molecule has 1 atom stereocenters. The first-order valence-corrected chi connectivity index (χ1v) is 11.6. The average molecular weight is 405 g/mol. The summed E-state index contributed by atoms with van der Waals surface area (Å²) < 4.78 is 3.79. The van der Waals surface area contributed by atoms with Gasteiger partial charge < -0.3 is 0 Å². The van der Waals surface area contributed by atoms with Crippen molar-refractivity contribution in [2.45, 2.75) is 65.0 Å². The first kappa shape index (κ1) is 19.0. The van der Waals surface area contributed by atoms with Crippen molar-refractivity contribution in [2.75, 3.05) is 5.75 Å². The average Bonchev–Trinajstić information content (AvgIpc) is 3.20. The van der Waals surface area contributed by atoms with E-state index in [2.05, 4.69) is 42.3 Å². The Bertz CT molecular complexity index is 1050. The van der Waals surface area contributed by atoms with Crippen LogP contribution in [0.3, 0.4) is 0 Å². The van der Waals surface area contributed by atoms with Crippen LogP contribution in [0.2, 0.25) is 0 Å². The minimum atomic E-state index is 0.0710. The van der Waals surface area contributed by atoms with Gasteiger partial charge in [-0.25, -0.2) is 4.40 Å². The molecule has 5 nitrogen and oxygen atoms in total. The first-order chi connectivity index (χ1) is 12.8. The van der Waals surface area contributed by atoms with Gasteiger partial charge in [0.05, 0.1) is 5.39 Å². The fourth-order valence-corrected chi connectivity index (χ4v) is 6.50. The van der Waals surface area contributed by atoms with Crippen molar-refractivity contribution in [3.63, 3.8) is 0 Å². The lowest BCUT2D eigenvalue weighted by Gasteiger charge is -2.33. The van der Waals surface area contributed by atoms with Gasteiger partial charge in [0.2, 0.25) is 5.78 Å². The maximum absolute atomic E-state index is 13.1. The van der Waals surface area contributed by atoms with Gasteiger partial charge in [0.1, 0.15) is 4.83 Å². The van der Waals surface area contributed by atoms with Crippen molar-refractivity contribution in [1.29, 1.82) is 0 Å². The topological polar surface area (TPSA) is 52.2 Å². The number of fused-ring (bicyclic) bond motifs is 5. The lowest BCUT2D eigenvalue weighted by atomic mass is 9.72. The van der Waals surface area contributed by atoms with E-state index in [4.69, 9.17) is 0 Å². The number of hydrogen-bond donors (Lipinski definition) is 0. The highest BCUT2D eigenvalue weighted by atomic mass is 32.2. The second-order valence-electron chi connectivity index (χ2n) is 8.67. The standard InChI is InChI=1S/C20H28N4OS2/c1-6-7-10-26-19-22-21-18-23(5)16(25)15-13-9-8-12(20(2,3)4)11-14(13)27-17(15)24(18)19/h12H,6-11H2,1-5H3/t12-/m1/s1. The lowest BCUT2D eigenvalue weighted by Crippen LogP contribution is -2.27. The van der Waals surface area contributed by atoms with Crippen LogP contribution in [0.25, 0.3) is 16.0 Å². The summed E-state index contributed by atoms with van der Waals surface area (Å²) >= 11 is 3.53. The maximum Gasteiger partial charge on any atom is 0.263 e. The van der Waals surface area contributed by atoms with Crippen molar-refractivity contribution in [1.82, 2.24) is 19.2 Å². The second kappa shape index (κ2) is 6.92. The van der Waals surface area contributed by atoms with E-state index in [1.807, 2.05) is 7.05 Å². The van der Waals surface area contributed by atoms with Crippen LogP contribution < -0.4 is 5.56 Å². The molecule has 0 spiro atoms. The Morgan fingerprint density at radius 2 is 2.07 bits per heavy atom. The van der Waals surface area contributed by atoms with E-state index in [1.54, 1.807) is 27.7 Å². The summed E-state index contributed by atoms with van der Waals surface area (Å²) in [5.74, 6) is 2.34. The number of aromatic nitrogens is 4. The van der Waals surface area contributed by atoms with Gasteiger partial charge in [-0.3, -0.25) is 9.36 Å². The minimum Gasteiger partial charge on any atom is -0.279 e. The Hall–Kier alpha value is -1.34. The van der Waals surface area contributed by atoms with Crippen LogP contribution in [-0.2, 0) is 19.9 Å². The summed E-state index contributed by atoms with van der Waals surface area (Å²) in [6.45, 7) is 9.18. The van der Waals surface area contributed by atoms with Crippen LogP contribution in [0, 0.1) is 11.3 Å². The predicted octanol–water partition coefficient (Wildman–Crippen LogP) is 4.69. The molecule has 0 amide bonds. The zero-order valence-electron chi connectivity index (χ0n) is 16.8. The molecular weight excluding hydrogens is 376 g/mol. The van der Waals surface area contributed by atoms with Crippen molar-refractivity contribution in [2.24, 2.45) is 18.4 Å². The first-order valence-electron chi connectivity index (χ1n) is 9.84.